The van der Waals surface area contributed by atoms with Gasteiger partial charge in [-0.1, -0.05) is 26.0 Å². The van der Waals surface area contributed by atoms with E-state index in [0.717, 1.165) is 5.56 Å². The monoisotopic (exact) mass is 182 g/mol. The van der Waals surface area contributed by atoms with Crippen LogP contribution in [0.5, 0.6) is 5.75 Å². The van der Waals surface area contributed by atoms with Gasteiger partial charge in [0.15, 0.2) is 11.6 Å². The fourth-order valence-electron chi connectivity index (χ4n) is 1.33. The minimum Gasteiger partial charge on any atom is -0.493 e. The highest BCUT2D eigenvalue weighted by atomic mass is 19.1. The average molecular weight is 182 g/mol. The van der Waals surface area contributed by atoms with Crippen molar-refractivity contribution in [1.29, 1.82) is 0 Å². The number of hydrogen-bond donors (Lipinski definition) is 0. The van der Waals surface area contributed by atoms with E-state index in [2.05, 4.69) is 0 Å². The molecule has 1 aromatic rings. The molecule has 0 aliphatic heterocycles. The van der Waals surface area contributed by atoms with Gasteiger partial charge in [-0.25, -0.2) is 4.39 Å². The van der Waals surface area contributed by atoms with Crippen LogP contribution in [0.25, 0.3) is 0 Å². The van der Waals surface area contributed by atoms with Crippen molar-refractivity contribution < 1.29 is 9.13 Å². The summed E-state index contributed by atoms with van der Waals surface area (Å²) in [5, 5.41) is 0. The molecule has 0 atom stereocenters. The van der Waals surface area contributed by atoms with Gasteiger partial charge in [-0.2, -0.15) is 0 Å². The minimum atomic E-state index is -0.242. The molecule has 0 aliphatic rings. The molecule has 72 valence electrons. The van der Waals surface area contributed by atoms with Crippen molar-refractivity contribution in [2.75, 3.05) is 7.11 Å². The third kappa shape index (κ3) is 1.82. The lowest BCUT2D eigenvalue weighted by molar-refractivity contribution is 0.378. The number of aryl methyl sites for hydroxylation is 1. The molecular weight excluding hydrogens is 167 g/mol. The molecule has 0 aromatic heterocycles. The second-order valence-electron chi connectivity index (χ2n) is 3.47. The number of hydrogen-bond acceptors (Lipinski definition) is 1. The van der Waals surface area contributed by atoms with E-state index in [-0.39, 0.29) is 11.7 Å². The van der Waals surface area contributed by atoms with E-state index in [1.165, 1.54) is 7.11 Å². The Kier molecular flexibility index (Phi) is 2.91. The summed E-state index contributed by atoms with van der Waals surface area (Å²) in [6.07, 6.45) is 0. The number of ether oxygens (including phenoxy) is 1. The number of halogens is 1. The second-order valence-corrected chi connectivity index (χ2v) is 3.47. The molecule has 0 saturated carbocycles. The molecule has 0 radical (unpaired) electrons. The minimum absolute atomic E-state index is 0.242. The molecule has 1 nitrogen and oxygen atoms in total. The summed E-state index contributed by atoms with van der Waals surface area (Å²) in [5.41, 5.74) is 1.55. The molecule has 13 heavy (non-hydrogen) atoms. The normalized spacial score (nSPS) is 10.6. The van der Waals surface area contributed by atoms with E-state index in [1.54, 1.807) is 13.0 Å². The Hall–Kier alpha value is -1.05. The maximum Gasteiger partial charge on any atom is 0.168 e. The Morgan fingerprint density at radius 3 is 2.38 bits per heavy atom. The molecule has 0 saturated heterocycles. The number of methoxy groups -OCH3 is 1. The molecule has 0 fully saturated rings. The van der Waals surface area contributed by atoms with Gasteiger partial charge in [0.2, 0.25) is 0 Å². The van der Waals surface area contributed by atoms with Crippen molar-refractivity contribution in [2.45, 2.75) is 26.7 Å². The maximum absolute atomic E-state index is 13.5. The number of benzene rings is 1. The third-order valence-corrected chi connectivity index (χ3v) is 2.15. The van der Waals surface area contributed by atoms with E-state index >= 15 is 0 Å². The zero-order chi connectivity index (χ0) is 10.0. The van der Waals surface area contributed by atoms with Crippen LogP contribution in [-0.4, -0.2) is 7.11 Å². The fraction of sp³-hybridized carbons (Fsp3) is 0.455. The SMILES string of the molecule is COc1c(C(C)C)ccc(C)c1F. The summed E-state index contributed by atoms with van der Waals surface area (Å²) in [4.78, 5) is 0. The van der Waals surface area contributed by atoms with Crippen molar-refractivity contribution in [1.82, 2.24) is 0 Å². The Morgan fingerprint density at radius 1 is 1.31 bits per heavy atom. The molecule has 1 rings (SSSR count). The summed E-state index contributed by atoms with van der Waals surface area (Å²) in [7, 11) is 1.50. The van der Waals surface area contributed by atoms with E-state index in [4.69, 9.17) is 4.74 Å². The Labute approximate surface area is 78.5 Å². The highest BCUT2D eigenvalue weighted by Crippen LogP contribution is 2.30. The highest BCUT2D eigenvalue weighted by molar-refractivity contribution is 5.40. The van der Waals surface area contributed by atoms with Crippen LogP contribution in [0.3, 0.4) is 0 Å². The van der Waals surface area contributed by atoms with Gasteiger partial charge in [-0.15, -0.1) is 0 Å². The Morgan fingerprint density at radius 2 is 1.92 bits per heavy atom. The summed E-state index contributed by atoms with van der Waals surface area (Å²) < 4.78 is 18.5. The molecule has 0 N–H and O–H groups in total. The van der Waals surface area contributed by atoms with Crippen molar-refractivity contribution in [3.63, 3.8) is 0 Å². The van der Waals surface area contributed by atoms with Crippen LogP contribution in [0, 0.1) is 12.7 Å². The summed E-state index contributed by atoms with van der Waals surface area (Å²) in [5.74, 6) is 0.425. The van der Waals surface area contributed by atoms with E-state index in [1.807, 2.05) is 19.9 Å². The lowest BCUT2D eigenvalue weighted by atomic mass is 10.00. The van der Waals surface area contributed by atoms with Gasteiger partial charge in [0.25, 0.3) is 0 Å². The smallest absolute Gasteiger partial charge is 0.168 e. The van der Waals surface area contributed by atoms with Crippen molar-refractivity contribution >= 4 is 0 Å². The molecule has 0 unspecified atom stereocenters. The molecule has 2 heteroatoms. The lowest BCUT2D eigenvalue weighted by Gasteiger charge is -2.13. The predicted molar refractivity (Wildman–Crippen MR) is 51.8 cm³/mol. The first-order chi connectivity index (χ1) is 6.07. The quantitative estimate of drug-likeness (QED) is 0.682. The van der Waals surface area contributed by atoms with E-state index in [9.17, 15) is 4.39 Å². The van der Waals surface area contributed by atoms with Gasteiger partial charge < -0.3 is 4.74 Å². The van der Waals surface area contributed by atoms with Gasteiger partial charge in [-0.3, -0.25) is 0 Å². The fourth-order valence-corrected chi connectivity index (χ4v) is 1.33. The average Bonchev–Trinajstić information content (AvgIpc) is 2.09. The molecule has 0 heterocycles. The molecule has 1 aromatic carbocycles. The Bertz CT molecular complexity index is 305. The summed E-state index contributed by atoms with van der Waals surface area (Å²) in [6.45, 7) is 5.78. The van der Waals surface area contributed by atoms with Gasteiger partial charge in [0, 0.05) is 0 Å². The van der Waals surface area contributed by atoms with Gasteiger partial charge in [-0.05, 0) is 24.0 Å². The predicted octanol–water partition coefficient (Wildman–Crippen LogP) is 3.27. The summed E-state index contributed by atoms with van der Waals surface area (Å²) >= 11 is 0. The van der Waals surface area contributed by atoms with Crippen LogP contribution in [-0.2, 0) is 0 Å². The van der Waals surface area contributed by atoms with Crippen LogP contribution >= 0.6 is 0 Å². The Balaban J connectivity index is 3.30. The molecular formula is C11H15FO. The lowest BCUT2D eigenvalue weighted by Crippen LogP contribution is -1.98. The van der Waals surface area contributed by atoms with Crippen LogP contribution < -0.4 is 4.74 Å². The van der Waals surface area contributed by atoms with Crippen molar-refractivity contribution in [3.05, 3.63) is 29.1 Å². The molecule has 0 amide bonds. The standard InChI is InChI=1S/C11H15FO/c1-7(2)9-6-5-8(3)10(12)11(9)13-4/h5-7H,1-4H3. The van der Waals surface area contributed by atoms with Crippen LogP contribution in [0.4, 0.5) is 4.39 Å². The molecule has 0 spiro atoms. The second kappa shape index (κ2) is 3.77. The van der Waals surface area contributed by atoms with Crippen LogP contribution in [0.2, 0.25) is 0 Å². The van der Waals surface area contributed by atoms with Crippen molar-refractivity contribution in [2.24, 2.45) is 0 Å². The zero-order valence-corrected chi connectivity index (χ0v) is 8.52. The van der Waals surface area contributed by atoms with Crippen molar-refractivity contribution in [3.8, 4) is 5.75 Å². The third-order valence-electron chi connectivity index (χ3n) is 2.15. The van der Waals surface area contributed by atoms with Crippen LogP contribution in [0.15, 0.2) is 12.1 Å². The first-order valence-electron chi connectivity index (χ1n) is 4.41. The van der Waals surface area contributed by atoms with E-state index in [0.29, 0.717) is 11.3 Å². The van der Waals surface area contributed by atoms with Gasteiger partial charge in [0.05, 0.1) is 7.11 Å². The zero-order valence-electron chi connectivity index (χ0n) is 8.52. The first-order valence-corrected chi connectivity index (χ1v) is 4.41. The van der Waals surface area contributed by atoms with Gasteiger partial charge in [0.1, 0.15) is 0 Å². The highest BCUT2D eigenvalue weighted by Gasteiger charge is 2.13. The maximum atomic E-state index is 13.5. The summed E-state index contributed by atoms with van der Waals surface area (Å²) in [6, 6.07) is 3.70. The van der Waals surface area contributed by atoms with Gasteiger partial charge >= 0.3 is 0 Å². The largest absolute Gasteiger partial charge is 0.493 e. The molecule has 0 aliphatic carbocycles. The van der Waals surface area contributed by atoms with E-state index < -0.39 is 0 Å². The molecule has 0 bridgehead atoms. The topological polar surface area (TPSA) is 9.23 Å². The van der Waals surface area contributed by atoms with Crippen LogP contribution in [0.1, 0.15) is 30.9 Å². The number of rotatable bonds is 2. The first kappa shape index (κ1) is 10.0.